The highest BCUT2D eigenvalue weighted by molar-refractivity contribution is 6.18. The van der Waals surface area contributed by atoms with E-state index in [0.717, 1.165) is 16.7 Å². The summed E-state index contributed by atoms with van der Waals surface area (Å²) in [6.07, 6.45) is -0.690. The molecule has 0 spiro atoms. The summed E-state index contributed by atoms with van der Waals surface area (Å²) in [6, 6.07) is 30.5. The number of rotatable bonds is 8. The van der Waals surface area contributed by atoms with E-state index in [1.54, 1.807) is 4.90 Å². The van der Waals surface area contributed by atoms with Crippen molar-refractivity contribution in [3.05, 3.63) is 108 Å². The molecule has 0 unspecified atom stereocenters. The number of hydrogen-bond donors (Lipinski definition) is 0. The number of ether oxygens (including phenoxy) is 2. The molecule has 3 aromatic carbocycles. The SMILES string of the molecule is O=C1O[C@H](COC(c2ccccc2)(c2ccccc2)c2ccccc2)CN1CCCl. The summed E-state index contributed by atoms with van der Waals surface area (Å²) in [4.78, 5) is 13.7. The van der Waals surface area contributed by atoms with Crippen LogP contribution in [0.1, 0.15) is 16.7 Å². The zero-order valence-corrected chi connectivity index (χ0v) is 17.4. The Balaban J connectivity index is 1.73. The molecule has 0 saturated carbocycles. The van der Waals surface area contributed by atoms with Gasteiger partial charge in [0.05, 0.1) is 13.2 Å². The molecule has 1 saturated heterocycles. The fourth-order valence-corrected chi connectivity index (χ4v) is 4.14. The van der Waals surface area contributed by atoms with Gasteiger partial charge in [0, 0.05) is 12.4 Å². The minimum absolute atomic E-state index is 0.267. The highest BCUT2D eigenvalue weighted by atomic mass is 35.5. The third kappa shape index (κ3) is 4.07. The molecule has 1 aliphatic rings. The highest BCUT2D eigenvalue weighted by Gasteiger charge is 2.40. The molecule has 0 bridgehead atoms. The number of alkyl halides is 1. The molecule has 30 heavy (non-hydrogen) atoms. The van der Waals surface area contributed by atoms with E-state index in [1.807, 2.05) is 54.6 Å². The fourth-order valence-electron chi connectivity index (χ4n) is 3.93. The van der Waals surface area contributed by atoms with Gasteiger partial charge in [0.2, 0.25) is 0 Å². The summed E-state index contributed by atoms with van der Waals surface area (Å²) >= 11 is 5.80. The predicted octanol–water partition coefficient (Wildman–Crippen LogP) is 5.05. The smallest absolute Gasteiger partial charge is 0.410 e. The lowest BCUT2D eigenvalue weighted by atomic mass is 9.80. The van der Waals surface area contributed by atoms with E-state index in [2.05, 4.69) is 36.4 Å². The molecule has 0 aromatic heterocycles. The van der Waals surface area contributed by atoms with Crippen LogP contribution in [0.15, 0.2) is 91.0 Å². The number of benzene rings is 3. The van der Waals surface area contributed by atoms with Crippen molar-refractivity contribution in [1.29, 1.82) is 0 Å². The third-order valence-electron chi connectivity index (χ3n) is 5.33. The Morgan fingerprint density at radius 1 is 0.867 bits per heavy atom. The van der Waals surface area contributed by atoms with Gasteiger partial charge in [-0.3, -0.25) is 0 Å². The van der Waals surface area contributed by atoms with E-state index in [4.69, 9.17) is 21.1 Å². The first-order chi connectivity index (χ1) is 14.7. The molecular formula is C25H24ClNO3. The summed E-state index contributed by atoms with van der Waals surface area (Å²) in [5.74, 6) is 0.380. The number of cyclic esters (lactones) is 1. The summed E-state index contributed by atoms with van der Waals surface area (Å²) in [5.41, 5.74) is 2.23. The Kier molecular flexibility index (Phi) is 6.36. The summed E-state index contributed by atoms with van der Waals surface area (Å²) in [7, 11) is 0. The van der Waals surface area contributed by atoms with Gasteiger partial charge in [-0.1, -0.05) is 91.0 Å². The molecule has 0 radical (unpaired) electrons. The maximum Gasteiger partial charge on any atom is 0.410 e. The standard InChI is InChI=1S/C25H24ClNO3/c26-16-17-27-18-23(30-24(27)28)19-29-25(20-10-4-1-5-11-20,21-12-6-2-7-13-21)22-14-8-3-9-15-22/h1-15,23H,16-19H2/t23-/m0/s1. The predicted molar refractivity (Wildman–Crippen MR) is 118 cm³/mol. The first-order valence-electron chi connectivity index (χ1n) is 10.1. The van der Waals surface area contributed by atoms with Crippen molar-refractivity contribution in [3.63, 3.8) is 0 Å². The van der Waals surface area contributed by atoms with E-state index in [0.29, 0.717) is 19.0 Å². The van der Waals surface area contributed by atoms with Gasteiger partial charge in [0.15, 0.2) is 0 Å². The summed E-state index contributed by atoms with van der Waals surface area (Å²) in [5, 5.41) is 0. The quantitative estimate of drug-likeness (QED) is 0.377. The van der Waals surface area contributed by atoms with Crippen molar-refractivity contribution in [2.75, 3.05) is 25.6 Å². The first-order valence-corrected chi connectivity index (χ1v) is 10.6. The monoisotopic (exact) mass is 421 g/mol. The molecule has 1 amide bonds. The Morgan fingerprint density at radius 3 is 1.77 bits per heavy atom. The van der Waals surface area contributed by atoms with Crippen molar-refractivity contribution in [1.82, 2.24) is 4.90 Å². The molecule has 3 aromatic rings. The summed E-state index contributed by atoms with van der Waals surface area (Å²) < 4.78 is 12.2. The van der Waals surface area contributed by atoms with Gasteiger partial charge in [-0.2, -0.15) is 0 Å². The molecule has 154 valence electrons. The van der Waals surface area contributed by atoms with Crippen LogP contribution in [0.3, 0.4) is 0 Å². The molecule has 0 N–H and O–H groups in total. The van der Waals surface area contributed by atoms with Crippen LogP contribution >= 0.6 is 11.6 Å². The molecule has 1 heterocycles. The number of nitrogens with zero attached hydrogens (tertiary/aromatic N) is 1. The normalized spacial score (nSPS) is 16.5. The van der Waals surface area contributed by atoms with Gasteiger partial charge >= 0.3 is 6.09 Å². The van der Waals surface area contributed by atoms with Gasteiger partial charge in [-0.25, -0.2) is 4.79 Å². The molecule has 4 rings (SSSR count). The maximum absolute atomic E-state index is 12.1. The lowest BCUT2D eigenvalue weighted by Gasteiger charge is -2.36. The summed E-state index contributed by atoms with van der Waals surface area (Å²) in [6.45, 7) is 1.21. The lowest BCUT2D eigenvalue weighted by Crippen LogP contribution is -2.36. The number of hydrogen-bond acceptors (Lipinski definition) is 3. The van der Waals surface area contributed by atoms with Crippen LogP contribution in [0, 0.1) is 0 Å². The number of amides is 1. The molecule has 1 fully saturated rings. The zero-order valence-electron chi connectivity index (χ0n) is 16.6. The molecule has 1 atom stereocenters. The van der Waals surface area contributed by atoms with Crippen molar-refractivity contribution in [2.45, 2.75) is 11.7 Å². The average Bonchev–Trinajstić information content (AvgIpc) is 3.16. The molecule has 5 heteroatoms. The van der Waals surface area contributed by atoms with Gasteiger partial charge in [-0.05, 0) is 16.7 Å². The van der Waals surface area contributed by atoms with Crippen LogP contribution in [0.4, 0.5) is 4.79 Å². The minimum atomic E-state index is -0.823. The van der Waals surface area contributed by atoms with E-state index in [1.165, 1.54) is 0 Å². The van der Waals surface area contributed by atoms with Gasteiger partial charge in [0.1, 0.15) is 11.7 Å². The number of carbonyl (C=O) groups excluding carboxylic acids is 1. The van der Waals surface area contributed by atoms with Crippen molar-refractivity contribution in [2.24, 2.45) is 0 Å². The Bertz CT molecular complexity index is 853. The lowest BCUT2D eigenvalue weighted by molar-refractivity contribution is -0.0298. The zero-order chi connectivity index (χ0) is 20.8. The molecular weight excluding hydrogens is 398 g/mol. The van der Waals surface area contributed by atoms with Gasteiger partial charge in [-0.15, -0.1) is 11.6 Å². The highest BCUT2D eigenvalue weighted by Crippen LogP contribution is 2.40. The van der Waals surface area contributed by atoms with Gasteiger partial charge < -0.3 is 14.4 Å². The van der Waals surface area contributed by atoms with Crippen LogP contribution < -0.4 is 0 Å². The van der Waals surface area contributed by atoms with Crippen LogP contribution in [0.2, 0.25) is 0 Å². The largest absolute Gasteiger partial charge is 0.442 e. The Morgan fingerprint density at radius 2 is 1.33 bits per heavy atom. The average molecular weight is 422 g/mol. The topological polar surface area (TPSA) is 38.8 Å². The van der Waals surface area contributed by atoms with Gasteiger partial charge in [0.25, 0.3) is 0 Å². The van der Waals surface area contributed by atoms with E-state index < -0.39 is 5.60 Å². The Hall–Kier alpha value is -2.82. The van der Waals surface area contributed by atoms with Crippen LogP contribution in [-0.2, 0) is 15.1 Å². The van der Waals surface area contributed by atoms with E-state index in [-0.39, 0.29) is 18.8 Å². The Labute approximate surface area is 182 Å². The first kappa shape index (κ1) is 20.5. The maximum atomic E-state index is 12.1. The van der Waals surface area contributed by atoms with Crippen LogP contribution in [-0.4, -0.2) is 42.7 Å². The second-order valence-corrected chi connectivity index (χ2v) is 7.61. The van der Waals surface area contributed by atoms with E-state index >= 15 is 0 Å². The van der Waals surface area contributed by atoms with Crippen molar-refractivity contribution < 1.29 is 14.3 Å². The number of carbonyl (C=O) groups is 1. The van der Waals surface area contributed by atoms with Crippen LogP contribution in [0.5, 0.6) is 0 Å². The van der Waals surface area contributed by atoms with Crippen molar-refractivity contribution >= 4 is 17.7 Å². The van der Waals surface area contributed by atoms with Crippen molar-refractivity contribution in [3.8, 4) is 0 Å². The second-order valence-electron chi connectivity index (χ2n) is 7.23. The molecule has 1 aliphatic heterocycles. The second kappa shape index (κ2) is 9.33. The third-order valence-corrected chi connectivity index (χ3v) is 5.50. The van der Waals surface area contributed by atoms with E-state index in [9.17, 15) is 4.79 Å². The fraction of sp³-hybridized carbons (Fsp3) is 0.240. The molecule has 0 aliphatic carbocycles. The number of halogens is 1. The van der Waals surface area contributed by atoms with Crippen LogP contribution in [0.25, 0.3) is 0 Å². The molecule has 4 nitrogen and oxygen atoms in total. The minimum Gasteiger partial charge on any atom is -0.442 e.